The maximum absolute atomic E-state index is 12.1. The number of H-pyrrole nitrogens is 1. The molecular weight excluding hydrogens is 292 g/mol. The second-order valence-corrected chi connectivity index (χ2v) is 7.77. The summed E-state index contributed by atoms with van der Waals surface area (Å²) >= 11 is 0. The van der Waals surface area contributed by atoms with Crippen LogP contribution in [0.3, 0.4) is 0 Å². The lowest BCUT2D eigenvalue weighted by Gasteiger charge is -2.29. The van der Waals surface area contributed by atoms with Gasteiger partial charge in [0, 0.05) is 12.7 Å². The maximum atomic E-state index is 12.1. The van der Waals surface area contributed by atoms with Crippen molar-refractivity contribution in [1.29, 1.82) is 0 Å². The molecule has 3 rings (SSSR count). The number of aromatic amines is 1. The summed E-state index contributed by atoms with van der Waals surface area (Å²) in [6.07, 6.45) is 3.01. The highest BCUT2D eigenvalue weighted by Gasteiger charge is 2.33. The second-order valence-electron chi connectivity index (χ2n) is 5.54. The topological polar surface area (TPSA) is 93.0 Å². The number of benzene rings is 1. The Labute approximate surface area is 122 Å². The van der Waals surface area contributed by atoms with E-state index in [2.05, 4.69) is 10.1 Å². The summed E-state index contributed by atoms with van der Waals surface area (Å²) in [5.41, 5.74) is 1.42. The van der Waals surface area contributed by atoms with Crippen LogP contribution in [-0.4, -0.2) is 24.8 Å². The Morgan fingerprint density at radius 2 is 2.14 bits per heavy atom. The fourth-order valence-electron chi connectivity index (χ4n) is 3.01. The quantitative estimate of drug-likeness (QED) is 0.921. The molecule has 6 nitrogen and oxygen atoms in total. The van der Waals surface area contributed by atoms with Gasteiger partial charge in [0.25, 0.3) is 0 Å². The third-order valence-electron chi connectivity index (χ3n) is 3.92. The monoisotopic (exact) mass is 308 g/mol. The first kappa shape index (κ1) is 14.1. The minimum absolute atomic E-state index is 0.0890. The number of nitrogens with zero attached hydrogens (tertiary/aromatic N) is 1. The second kappa shape index (κ2) is 5.14. The maximum Gasteiger partial charge on any atom is 0.377 e. The highest BCUT2D eigenvalue weighted by Crippen LogP contribution is 2.38. The number of aromatic nitrogens is 2. The van der Waals surface area contributed by atoms with E-state index in [0.29, 0.717) is 18.7 Å². The third-order valence-corrected chi connectivity index (χ3v) is 5.40. The van der Waals surface area contributed by atoms with Crippen LogP contribution in [0.4, 0.5) is 0 Å². The molecule has 0 fully saturated rings. The molecule has 1 aliphatic carbocycles. The average molecular weight is 308 g/mol. The number of nitrogens with one attached hydrogen (secondary N) is 1. The Kier molecular flexibility index (Phi) is 3.44. The molecule has 0 aliphatic heterocycles. The van der Waals surface area contributed by atoms with Crippen molar-refractivity contribution in [2.75, 3.05) is 6.26 Å². The zero-order valence-electron chi connectivity index (χ0n) is 11.6. The Balaban J connectivity index is 1.92. The molecule has 2 aromatic rings. The SMILES string of the molecule is CS(=O)(=O)C1C[C@H](Cc2nc(=O)[nH]o2)Cc2ccccc21. The largest absolute Gasteiger partial charge is 0.377 e. The minimum atomic E-state index is -3.18. The summed E-state index contributed by atoms with van der Waals surface area (Å²) in [4.78, 5) is 14.7. The van der Waals surface area contributed by atoms with Gasteiger partial charge in [-0.25, -0.2) is 13.2 Å². The van der Waals surface area contributed by atoms with E-state index in [1.807, 2.05) is 24.3 Å². The molecule has 1 aromatic carbocycles. The van der Waals surface area contributed by atoms with Crippen LogP contribution in [0.5, 0.6) is 0 Å². The molecule has 0 radical (unpaired) electrons. The summed E-state index contributed by atoms with van der Waals surface area (Å²) in [6.45, 7) is 0. The summed E-state index contributed by atoms with van der Waals surface area (Å²) in [7, 11) is -3.18. The van der Waals surface area contributed by atoms with Crippen LogP contribution >= 0.6 is 0 Å². The normalized spacial score (nSPS) is 22.0. The van der Waals surface area contributed by atoms with Gasteiger partial charge < -0.3 is 4.52 Å². The van der Waals surface area contributed by atoms with Crippen LogP contribution in [0.15, 0.2) is 33.6 Å². The van der Waals surface area contributed by atoms with Crippen molar-refractivity contribution in [3.63, 3.8) is 0 Å². The number of fused-ring (bicyclic) bond motifs is 1. The number of sulfone groups is 1. The summed E-state index contributed by atoms with van der Waals surface area (Å²) in [6, 6.07) is 7.62. The summed E-state index contributed by atoms with van der Waals surface area (Å²) in [5, 5.41) is 1.66. The lowest BCUT2D eigenvalue weighted by atomic mass is 9.82. The number of hydrogen-bond acceptors (Lipinski definition) is 5. The number of hydrogen-bond donors (Lipinski definition) is 1. The molecule has 112 valence electrons. The lowest BCUT2D eigenvalue weighted by Crippen LogP contribution is -2.25. The van der Waals surface area contributed by atoms with Gasteiger partial charge in [-0.2, -0.15) is 10.1 Å². The molecule has 0 amide bonds. The smallest absolute Gasteiger partial charge is 0.362 e. The van der Waals surface area contributed by atoms with E-state index in [-0.39, 0.29) is 5.92 Å². The van der Waals surface area contributed by atoms with E-state index in [4.69, 9.17) is 4.52 Å². The molecule has 1 N–H and O–H groups in total. The minimum Gasteiger partial charge on any atom is -0.362 e. The van der Waals surface area contributed by atoms with E-state index in [1.54, 1.807) is 0 Å². The van der Waals surface area contributed by atoms with Crippen molar-refractivity contribution >= 4 is 9.84 Å². The first-order valence-electron chi connectivity index (χ1n) is 6.74. The van der Waals surface area contributed by atoms with Gasteiger partial charge in [-0.1, -0.05) is 24.3 Å². The highest BCUT2D eigenvalue weighted by atomic mass is 32.2. The standard InChI is InChI=1S/C14H16N2O4S/c1-21(18,19)12-7-9(8-13-15-14(17)16-20-13)6-10-4-2-3-5-11(10)12/h2-5,9,12H,6-8H2,1H3,(H,16,17)/t9-,12?/m1/s1. The molecule has 0 saturated heterocycles. The van der Waals surface area contributed by atoms with Gasteiger partial charge in [0.2, 0.25) is 5.89 Å². The predicted octanol–water partition coefficient (Wildman–Crippen LogP) is 1.25. The Morgan fingerprint density at radius 1 is 1.38 bits per heavy atom. The lowest BCUT2D eigenvalue weighted by molar-refractivity contribution is 0.334. The van der Waals surface area contributed by atoms with Crippen molar-refractivity contribution < 1.29 is 12.9 Å². The van der Waals surface area contributed by atoms with E-state index >= 15 is 0 Å². The Morgan fingerprint density at radius 3 is 2.81 bits per heavy atom. The first-order chi connectivity index (χ1) is 9.93. The molecule has 1 aromatic heterocycles. The van der Waals surface area contributed by atoms with Gasteiger partial charge in [-0.3, -0.25) is 0 Å². The van der Waals surface area contributed by atoms with Crippen LogP contribution < -0.4 is 5.69 Å². The fraction of sp³-hybridized carbons (Fsp3) is 0.429. The summed E-state index contributed by atoms with van der Waals surface area (Å²) in [5.74, 6) is 0.419. The Bertz CT molecular complexity index is 806. The van der Waals surface area contributed by atoms with Crippen LogP contribution in [0.2, 0.25) is 0 Å². The van der Waals surface area contributed by atoms with Gasteiger partial charge in [-0.05, 0) is 29.9 Å². The van der Waals surface area contributed by atoms with Crippen LogP contribution in [0.1, 0.15) is 28.7 Å². The van der Waals surface area contributed by atoms with Crippen LogP contribution in [0.25, 0.3) is 0 Å². The molecule has 7 heteroatoms. The first-order valence-corrected chi connectivity index (χ1v) is 8.70. The molecule has 0 spiro atoms. The van der Waals surface area contributed by atoms with Gasteiger partial charge >= 0.3 is 5.69 Å². The summed E-state index contributed by atoms with van der Waals surface area (Å²) < 4.78 is 29.1. The van der Waals surface area contributed by atoms with Crippen molar-refractivity contribution in [3.05, 3.63) is 51.8 Å². The zero-order chi connectivity index (χ0) is 15.0. The van der Waals surface area contributed by atoms with Gasteiger partial charge in [0.05, 0.1) is 5.25 Å². The molecule has 1 unspecified atom stereocenters. The van der Waals surface area contributed by atoms with Gasteiger partial charge in [0.15, 0.2) is 9.84 Å². The molecule has 1 aliphatic rings. The highest BCUT2D eigenvalue weighted by molar-refractivity contribution is 7.90. The molecule has 0 saturated carbocycles. The molecular formula is C14H16N2O4S. The zero-order valence-corrected chi connectivity index (χ0v) is 12.4. The van der Waals surface area contributed by atoms with Gasteiger partial charge in [-0.15, -0.1) is 0 Å². The van der Waals surface area contributed by atoms with Crippen molar-refractivity contribution in [3.8, 4) is 0 Å². The predicted molar refractivity (Wildman–Crippen MR) is 76.7 cm³/mol. The molecule has 1 heterocycles. The van der Waals surface area contributed by atoms with Crippen molar-refractivity contribution in [2.45, 2.75) is 24.5 Å². The fourth-order valence-corrected chi connectivity index (χ4v) is 4.33. The van der Waals surface area contributed by atoms with Crippen LogP contribution in [0, 0.1) is 5.92 Å². The third kappa shape index (κ3) is 2.92. The molecule has 0 bridgehead atoms. The Hall–Kier alpha value is -1.89. The van der Waals surface area contributed by atoms with E-state index in [0.717, 1.165) is 17.5 Å². The number of rotatable bonds is 3. The van der Waals surface area contributed by atoms with Crippen LogP contribution in [-0.2, 0) is 22.7 Å². The van der Waals surface area contributed by atoms with E-state index in [1.165, 1.54) is 6.26 Å². The molecule has 2 atom stereocenters. The van der Waals surface area contributed by atoms with E-state index in [9.17, 15) is 13.2 Å². The van der Waals surface area contributed by atoms with Crippen molar-refractivity contribution in [2.24, 2.45) is 5.92 Å². The average Bonchev–Trinajstić information content (AvgIpc) is 2.82. The van der Waals surface area contributed by atoms with Crippen molar-refractivity contribution in [1.82, 2.24) is 10.1 Å². The molecule has 21 heavy (non-hydrogen) atoms. The van der Waals surface area contributed by atoms with E-state index < -0.39 is 20.8 Å². The van der Waals surface area contributed by atoms with Gasteiger partial charge in [0.1, 0.15) is 0 Å².